The van der Waals surface area contributed by atoms with Crippen molar-refractivity contribution in [3.05, 3.63) is 35.4 Å². The maximum atomic E-state index is 2.46. The Hall–Kier alpha value is -0.780. The molecular formula is C17H22. The van der Waals surface area contributed by atoms with Crippen LogP contribution in [0.25, 0.3) is 0 Å². The molecule has 0 N–H and O–H groups in total. The van der Waals surface area contributed by atoms with E-state index >= 15 is 0 Å². The second-order valence-electron chi connectivity index (χ2n) is 6.66. The predicted octanol–water partition coefficient (Wildman–Crippen LogP) is 4.79. The van der Waals surface area contributed by atoms with E-state index < -0.39 is 0 Å². The molecule has 0 saturated heterocycles. The van der Waals surface area contributed by atoms with Crippen molar-refractivity contribution >= 4 is 0 Å². The van der Waals surface area contributed by atoms with Gasteiger partial charge in [-0.05, 0) is 79.7 Å². The Labute approximate surface area is 104 Å². The summed E-state index contributed by atoms with van der Waals surface area (Å²) in [5, 5.41) is 0. The van der Waals surface area contributed by atoms with Gasteiger partial charge in [-0.15, -0.1) is 0 Å². The lowest BCUT2D eigenvalue weighted by molar-refractivity contribution is 0.136. The number of hydrogen-bond acceptors (Lipinski definition) is 0. The van der Waals surface area contributed by atoms with Gasteiger partial charge in [-0.25, -0.2) is 0 Å². The highest BCUT2D eigenvalue weighted by Gasteiger charge is 2.41. The summed E-state index contributed by atoms with van der Waals surface area (Å²) in [4.78, 5) is 0. The molecule has 2 bridgehead atoms. The fourth-order valence-electron chi connectivity index (χ4n) is 4.21. The molecule has 0 amide bonds. The average molecular weight is 226 g/mol. The molecule has 4 fully saturated rings. The predicted molar refractivity (Wildman–Crippen MR) is 71.3 cm³/mol. The number of benzene rings is 1. The van der Waals surface area contributed by atoms with Gasteiger partial charge in [-0.1, -0.05) is 24.3 Å². The Morgan fingerprint density at radius 1 is 0.765 bits per heavy atom. The van der Waals surface area contributed by atoms with Gasteiger partial charge < -0.3 is 0 Å². The van der Waals surface area contributed by atoms with Crippen molar-refractivity contribution in [2.24, 2.45) is 5.92 Å². The first-order valence-corrected chi connectivity index (χ1v) is 7.46. The van der Waals surface area contributed by atoms with Gasteiger partial charge in [0.1, 0.15) is 0 Å². The van der Waals surface area contributed by atoms with Crippen molar-refractivity contribution in [3.8, 4) is 0 Å². The minimum absolute atomic E-state index is 0.580. The lowest BCUT2D eigenvalue weighted by atomic mass is 9.58. The minimum Gasteiger partial charge on any atom is -0.0585 e. The van der Waals surface area contributed by atoms with Gasteiger partial charge in [0.25, 0.3) is 0 Å². The van der Waals surface area contributed by atoms with Crippen LogP contribution in [0, 0.1) is 5.92 Å². The summed E-state index contributed by atoms with van der Waals surface area (Å²) in [6, 6.07) is 9.75. The van der Waals surface area contributed by atoms with Crippen molar-refractivity contribution in [1.82, 2.24) is 0 Å². The third-order valence-corrected chi connectivity index (χ3v) is 5.67. The van der Waals surface area contributed by atoms with E-state index in [0.29, 0.717) is 5.41 Å². The van der Waals surface area contributed by atoms with E-state index in [2.05, 4.69) is 24.3 Å². The van der Waals surface area contributed by atoms with Gasteiger partial charge in [0.2, 0.25) is 0 Å². The molecule has 1 aromatic rings. The third kappa shape index (κ3) is 1.64. The highest BCUT2D eigenvalue weighted by molar-refractivity contribution is 5.33. The quantitative estimate of drug-likeness (QED) is 0.680. The van der Waals surface area contributed by atoms with Crippen LogP contribution in [0.1, 0.15) is 68.4 Å². The SMILES string of the molecule is c1cc(C23CCC(CC2)CC3)ccc1C1CC1. The largest absolute Gasteiger partial charge is 0.0585 e. The second-order valence-corrected chi connectivity index (χ2v) is 6.66. The Morgan fingerprint density at radius 3 is 1.88 bits per heavy atom. The molecule has 4 saturated carbocycles. The van der Waals surface area contributed by atoms with Crippen molar-refractivity contribution in [3.63, 3.8) is 0 Å². The fourth-order valence-corrected chi connectivity index (χ4v) is 4.21. The van der Waals surface area contributed by atoms with Crippen LogP contribution in [-0.2, 0) is 5.41 Å². The van der Waals surface area contributed by atoms with Gasteiger partial charge in [-0.2, -0.15) is 0 Å². The first-order chi connectivity index (χ1) is 8.36. The van der Waals surface area contributed by atoms with Gasteiger partial charge in [0, 0.05) is 0 Å². The number of fused-ring (bicyclic) bond motifs is 3. The third-order valence-electron chi connectivity index (χ3n) is 5.67. The molecule has 4 aliphatic rings. The molecule has 17 heavy (non-hydrogen) atoms. The molecule has 0 nitrogen and oxygen atoms in total. The van der Waals surface area contributed by atoms with E-state index in [4.69, 9.17) is 0 Å². The number of rotatable bonds is 2. The highest BCUT2D eigenvalue weighted by Crippen LogP contribution is 2.52. The topological polar surface area (TPSA) is 0 Å². The maximum Gasteiger partial charge on any atom is -0.00467 e. The maximum absolute atomic E-state index is 2.46. The van der Waals surface area contributed by atoms with Crippen molar-refractivity contribution in [2.75, 3.05) is 0 Å². The molecule has 0 heteroatoms. The van der Waals surface area contributed by atoms with Gasteiger partial charge >= 0.3 is 0 Å². The van der Waals surface area contributed by atoms with Crippen LogP contribution in [0.3, 0.4) is 0 Å². The first kappa shape index (κ1) is 10.2. The molecule has 4 aliphatic carbocycles. The molecule has 0 aliphatic heterocycles. The normalized spacial score (nSPS) is 36.1. The summed E-state index contributed by atoms with van der Waals surface area (Å²) < 4.78 is 0. The molecule has 90 valence electrons. The van der Waals surface area contributed by atoms with Crippen molar-refractivity contribution < 1.29 is 0 Å². The fraction of sp³-hybridized carbons (Fsp3) is 0.647. The molecule has 0 aromatic heterocycles. The van der Waals surface area contributed by atoms with E-state index in [1.165, 1.54) is 51.4 Å². The first-order valence-electron chi connectivity index (χ1n) is 7.46. The van der Waals surface area contributed by atoms with E-state index in [1.54, 1.807) is 11.1 Å². The molecule has 0 atom stereocenters. The Morgan fingerprint density at radius 2 is 1.35 bits per heavy atom. The van der Waals surface area contributed by atoms with Crippen LogP contribution in [-0.4, -0.2) is 0 Å². The molecule has 0 heterocycles. The smallest absolute Gasteiger partial charge is 0.00467 e. The van der Waals surface area contributed by atoms with Crippen LogP contribution in [0.2, 0.25) is 0 Å². The Bertz CT molecular complexity index is 388. The lowest BCUT2D eigenvalue weighted by Crippen LogP contribution is -2.37. The van der Waals surface area contributed by atoms with E-state index in [0.717, 1.165) is 11.8 Å². The number of hydrogen-bond donors (Lipinski definition) is 0. The Balaban J connectivity index is 1.64. The monoisotopic (exact) mass is 226 g/mol. The Kier molecular flexibility index (Phi) is 2.16. The van der Waals surface area contributed by atoms with Gasteiger partial charge in [0.15, 0.2) is 0 Å². The van der Waals surface area contributed by atoms with E-state index in [1.807, 2.05) is 0 Å². The van der Waals surface area contributed by atoms with Crippen LogP contribution in [0.4, 0.5) is 0 Å². The zero-order valence-electron chi connectivity index (χ0n) is 10.6. The highest BCUT2D eigenvalue weighted by atomic mass is 14.5. The van der Waals surface area contributed by atoms with Crippen molar-refractivity contribution in [2.45, 2.75) is 62.7 Å². The molecule has 0 radical (unpaired) electrons. The zero-order valence-corrected chi connectivity index (χ0v) is 10.6. The molecular weight excluding hydrogens is 204 g/mol. The minimum atomic E-state index is 0.580. The average Bonchev–Trinajstić information content (AvgIpc) is 3.26. The van der Waals surface area contributed by atoms with Gasteiger partial charge in [0.05, 0.1) is 0 Å². The van der Waals surface area contributed by atoms with Crippen LogP contribution in [0.5, 0.6) is 0 Å². The van der Waals surface area contributed by atoms with E-state index in [9.17, 15) is 0 Å². The summed E-state index contributed by atoms with van der Waals surface area (Å²) in [6.07, 6.45) is 11.7. The van der Waals surface area contributed by atoms with Crippen LogP contribution >= 0.6 is 0 Å². The van der Waals surface area contributed by atoms with Gasteiger partial charge in [-0.3, -0.25) is 0 Å². The molecule has 1 aromatic carbocycles. The summed E-state index contributed by atoms with van der Waals surface area (Å²) in [6.45, 7) is 0. The molecule has 0 spiro atoms. The van der Waals surface area contributed by atoms with Crippen LogP contribution < -0.4 is 0 Å². The zero-order chi connectivity index (χ0) is 11.3. The second kappa shape index (κ2) is 3.60. The summed E-state index contributed by atoms with van der Waals surface area (Å²) in [5.74, 6) is 1.98. The standard InChI is InChI=1S/C17H22/c1-2-14(1)15-3-5-16(6-4-15)17-10-7-13(8-11-17)9-12-17/h3-6,13-14H,1-2,7-12H2. The molecule has 0 unspecified atom stereocenters. The summed E-state index contributed by atoms with van der Waals surface area (Å²) >= 11 is 0. The van der Waals surface area contributed by atoms with E-state index in [-0.39, 0.29) is 0 Å². The van der Waals surface area contributed by atoms with Crippen molar-refractivity contribution in [1.29, 1.82) is 0 Å². The molecule has 5 rings (SSSR count). The summed E-state index contributed by atoms with van der Waals surface area (Å²) in [5.41, 5.74) is 3.83. The lowest BCUT2D eigenvalue weighted by Gasteiger charge is -2.47. The van der Waals surface area contributed by atoms with Crippen LogP contribution in [0.15, 0.2) is 24.3 Å². The summed E-state index contributed by atoms with van der Waals surface area (Å²) in [7, 11) is 0.